The molecule has 2 aliphatic rings. The summed E-state index contributed by atoms with van der Waals surface area (Å²) in [5.74, 6) is -3.87. The van der Waals surface area contributed by atoms with Crippen LogP contribution in [-0.2, 0) is 9.59 Å². The number of Topliss-reactive ketones (excluding diaryl/α,β-unsaturated/α-hetero) is 3. The molecule has 3 rings (SSSR count). The summed E-state index contributed by atoms with van der Waals surface area (Å²) in [5, 5.41) is 29.6. The first-order valence-corrected chi connectivity index (χ1v) is 6.13. The number of hydrogen-bond acceptors (Lipinski definition) is 6. The van der Waals surface area contributed by atoms with Crippen molar-refractivity contribution in [3.8, 4) is 5.75 Å². The number of fused-ring (bicyclic) bond motifs is 2. The number of ketones is 3. The van der Waals surface area contributed by atoms with E-state index >= 15 is 0 Å². The van der Waals surface area contributed by atoms with Crippen molar-refractivity contribution in [2.75, 3.05) is 0 Å². The molecule has 0 amide bonds. The Kier molecular flexibility index (Phi) is 2.61. The van der Waals surface area contributed by atoms with Gasteiger partial charge in [-0.1, -0.05) is 0 Å². The Labute approximate surface area is 118 Å². The van der Waals surface area contributed by atoms with Crippen LogP contribution in [0.15, 0.2) is 29.4 Å². The van der Waals surface area contributed by atoms with Crippen molar-refractivity contribution >= 4 is 23.1 Å². The minimum absolute atomic E-state index is 0.0225. The second kappa shape index (κ2) is 4.13. The molecule has 0 saturated heterocycles. The Bertz CT molecular complexity index is 797. The lowest BCUT2D eigenvalue weighted by Crippen LogP contribution is -2.37. The molecule has 1 unspecified atom stereocenters. The van der Waals surface area contributed by atoms with Crippen LogP contribution in [0.5, 0.6) is 5.75 Å². The molecule has 1 atom stereocenters. The number of hydrogen-bond donors (Lipinski definition) is 3. The third-order valence-electron chi connectivity index (χ3n) is 3.54. The molecule has 6 heteroatoms. The minimum atomic E-state index is -1.70. The highest BCUT2D eigenvalue weighted by molar-refractivity contribution is 6.51. The first-order chi connectivity index (χ1) is 9.82. The zero-order valence-corrected chi connectivity index (χ0v) is 10.9. The van der Waals surface area contributed by atoms with E-state index in [1.54, 1.807) is 6.92 Å². The van der Waals surface area contributed by atoms with Gasteiger partial charge in [-0.05, 0) is 30.7 Å². The van der Waals surface area contributed by atoms with Crippen molar-refractivity contribution in [1.29, 1.82) is 0 Å². The molecule has 3 N–H and O–H groups in total. The molecule has 0 radical (unpaired) electrons. The van der Waals surface area contributed by atoms with Crippen molar-refractivity contribution in [2.45, 2.75) is 13.0 Å². The molecule has 0 heterocycles. The molecule has 0 aromatic heterocycles. The molecule has 0 fully saturated rings. The van der Waals surface area contributed by atoms with Crippen molar-refractivity contribution < 1.29 is 29.7 Å². The molecular weight excluding hydrogens is 276 g/mol. The summed E-state index contributed by atoms with van der Waals surface area (Å²) in [6.07, 6.45) is -0.757. The Morgan fingerprint density at radius 1 is 1.05 bits per heavy atom. The molecule has 0 spiro atoms. The highest BCUT2D eigenvalue weighted by atomic mass is 16.3. The highest BCUT2D eigenvalue weighted by Gasteiger charge is 2.42. The number of aromatic hydroxyl groups is 1. The van der Waals surface area contributed by atoms with Gasteiger partial charge in [0.15, 0.2) is 5.78 Å². The van der Waals surface area contributed by atoms with Crippen molar-refractivity contribution in [2.24, 2.45) is 0 Å². The lowest BCUT2D eigenvalue weighted by atomic mass is 9.78. The van der Waals surface area contributed by atoms with E-state index in [1.807, 2.05) is 0 Å². The fourth-order valence-corrected chi connectivity index (χ4v) is 2.59. The van der Waals surface area contributed by atoms with E-state index < -0.39 is 34.8 Å². The summed E-state index contributed by atoms with van der Waals surface area (Å²) >= 11 is 0. The third kappa shape index (κ3) is 1.66. The lowest BCUT2D eigenvalue weighted by molar-refractivity contribution is -0.138. The first kappa shape index (κ1) is 13.3. The molecule has 0 saturated carbocycles. The van der Waals surface area contributed by atoms with E-state index in [-0.39, 0.29) is 22.4 Å². The summed E-state index contributed by atoms with van der Waals surface area (Å²) in [4.78, 5) is 35.8. The molecule has 1 aromatic rings. The van der Waals surface area contributed by atoms with Crippen LogP contribution in [0.25, 0.3) is 5.76 Å². The number of aryl methyl sites for hydroxylation is 1. The van der Waals surface area contributed by atoms with Gasteiger partial charge in [0, 0.05) is 11.1 Å². The highest BCUT2D eigenvalue weighted by Crippen LogP contribution is 2.40. The van der Waals surface area contributed by atoms with Gasteiger partial charge >= 0.3 is 0 Å². The second-order valence-corrected chi connectivity index (χ2v) is 4.98. The summed E-state index contributed by atoms with van der Waals surface area (Å²) in [5.41, 5.74) is -0.246. The van der Waals surface area contributed by atoms with E-state index in [0.717, 1.165) is 6.08 Å². The van der Waals surface area contributed by atoms with E-state index in [2.05, 4.69) is 0 Å². The van der Waals surface area contributed by atoms with Gasteiger partial charge < -0.3 is 15.3 Å². The van der Waals surface area contributed by atoms with E-state index in [9.17, 15) is 29.7 Å². The van der Waals surface area contributed by atoms with Crippen LogP contribution in [-0.4, -0.2) is 38.8 Å². The van der Waals surface area contributed by atoms with Crippen LogP contribution >= 0.6 is 0 Å². The number of aliphatic hydroxyl groups is 2. The standard InChI is InChI=1S/C15H10O6/c1-5-2-6-10(8(16)3-5)14(20)11-7(12(6)18)4-9(17)13(19)15(11)21/h2-4,9,16-17,20H,1H3. The maximum atomic E-state index is 12.4. The molecule has 0 aliphatic heterocycles. The van der Waals surface area contributed by atoms with Crippen LogP contribution in [0.2, 0.25) is 0 Å². The van der Waals surface area contributed by atoms with Gasteiger partial charge in [0.25, 0.3) is 0 Å². The van der Waals surface area contributed by atoms with Crippen LogP contribution in [0.1, 0.15) is 21.5 Å². The van der Waals surface area contributed by atoms with Crippen molar-refractivity contribution in [1.82, 2.24) is 0 Å². The zero-order chi connectivity index (χ0) is 15.5. The Balaban J connectivity index is 2.41. The molecule has 0 bridgehead atoms. The minimum Gasteiger partial charge on any atom is -0.507 e. The van der Waals surface area contributed by atoms with E-state index in [4.69, 9.17) is 0 Å². The smallest absolute Gasteiger partial charge is 0.236 e. The van der Waals surface area contributed by atoms with Crippen LogP contribution in [0.4, 0.5) is 0 Å². The maximum absolute atomic E-state index is 12.4. The largest absolute Gasteiger partial charge is 0.507 e. The van der Waals surface area contributed by atoms with Gasteiger partial charge in [0.05, 0.1) is 11.1 Å². The summed E-state index contributed by atoms with van der Waals surface area (Å²) in [7, 11) is 0. The maximum Gasteiger partial charge on any atom is 0.236 e. The van der Waals surface area contributed by atoms with Gasteiger partial charge in [0.2, 0.25) is 11.6 Å². The number of phenolic OH excluding ortho intramolecular Hbond substituents is 1. The average molecular weight is 286 g/mol. The van der Waals surface area contributed by atoms with Crippen molar-refractivity contribution in [3.63, 3.8) is 0 Å². The Morgan fingerprint density at radius 2 is 1.71 bits per heavy atom. The molecule has 106 valence electrons. The number of carbonyl (C=O) groups excluding carboxylic acids is 3. The van der Waals surface area contributed by atoms with Gasteiger partial charge in [-0.3, -0.25) is 14.4 Å². The van der Waals surface area contributed by atoms with Crippen LogP contribution in [0.3, 0.4) is 0 Å². The fourth-order valence-electron chi connectivity index (χ4n) is 2.59. The van der Waals surface area contributed by atoms with Gasteiger partial charge in [-0.25, -0.2) is 0 Å². The Hall–Kier alpha value is -2.73. The predicted molar refractivity (Wildman–Crippen MR) is 70.8 cm³/mol. The normalized spacial score (nSPS) is 21.1. The van der Waals surface area contributed by atoms with E-state index in [0.29, 0.717) is 5.56 Å². The molecule has 2 aliphatic carbocycles. The van der Waals surface area contributed by atoms with E-state index in [1.165, 1.54) is 12.1 Å². The fraction of sp³-hybridized carbons (Fsp3) is 0.133. The van der Waals surface area contributed by atoms with Gasteiger partial charge in [-0.2, -0.15) is 0 Å². The predicted octanol–water partition coefficient (Wildman–Crippen LogP) is 0.605. The number of aliphatic hydroxyl groups excluding tert-OH is 2. The second-order valence-electron chi connectivity index (χ2n) is 4.98. The topological polar surface area (TPSA) is 112 Å². The third-order valence-corrected chi connectivity index (χ3v) is 3.54. The summed E-state index contributed by atoms with van der Waals surface area (Å²) < 4.78 is 0. The number of phenols is 1. The summed E-state index contributed by atoms with van der Waals surface area (Å²) in [6, 6.07) is 2.79. The first-order valence-electron chi connectivity index (χ1n) is 6.13. The number of carbonyl (C=O) groups is 3. The van der Waals surface area contributed by atoms with Crippen LogP contribution < -0.4 is 0 Å². The number of rotatable bonds is 0. The van der Waals surface area contributed by atoms with Crippen LogP contribution in [0, 0.1) is 6.92 Å². The lowest BCUT2D eigenvalue weighted by Gasteiger charge is -2.25. The van der Waals surface area contributed by atoms with Crippen molar-refractivity contribution in [3.05, 3.63) is 46.0 Å². The van der Waals surface area contributed by atoms with Gasteiger partial charge in [-0.15, -0.1) is 0 Å². The molecule has 1 aromatic carbocycles. The zero-order valence-electron chi connectivity index (χ0n) is 10.9. The molecule has 6 nitrogen and oxygen atoms in total. The SMILES string of the molecule is Cc1cc(O)c2c(c1)C(=O)C1=CC(O)C(=O)C(=O)C1=C2O. The monoisotopic (exact) mass is 286 g/mol. The quantitative estimate of drug-likeness (QED) is 0.602. The summed E-state index contributed by atoms with van der Waals surface area (Å²) in [6.45, 7) is 1.66. The number of allylic oxidation sites excluding steroid dienone is 2. The molecular formula is C15H10O6. The Morgan fingerprint density at radius 3 is 2.38 bits per heavy atom. The average Bonchev–Trinajstić information content (AvgIpc) is 2.41. The number of benzene rings is 1. The van der Waals surface area contributed by atoms with Gasteiger partial charge in [0.1, 0.15) is 17.6 Å². The molecule has 21 heavy (non-hydrogen) atoms.